The lowest BCUT2D eigenvalue weighted by Crippen LogP contribution is -2.21. The van der Waals surface area contributed by atoms with Gasteiger partial charge in [-0.15, -0.1) is 11.8 Å². The number of hydrogen-bond acceptors (Lipinski definition) is 3. The fourth-order valence-electron chi connectivity index (χ4n) is 1.89. The Morgan fingerprint density at radius 2 is 1.75 bits per heavy atom. The predicted octanol–water partition coefficient (Wildman–Crippen LogP) is 5.15. The van der Waals surface area contributed by atoms with Gasteiger partial charge in [0.2, 0.25) is 0 Å². The number of carbonyl (C=O) groups is 1. The molecule has 0 saturated carbocycles. The number of halogens is 1. The van der Waals surface area contributed by atoms with Gasteiger partial charge in [-0.1, -0.05) is 46.0 Å². The number of rotatable bonds is 14. The summed E-state index contributed by atoms with van der Waals surface area (Å²) in [6, 6.07) is 0. The van der Waals surface area contributed by atoms with Crippen molar-refractivity contribution in [1.82, 2.24) is 0 Å². The first-order valence-electron chi connectivity index (χ1n) is 8.10. The van der Waals surface area contributed by atoms with Crippen LogP contribution in [0.5, 0.6) is 0 Å². The van der Waals surface area contributed by atoms with Gasteiger partial charge in [-0.3, -0.25) is 9.18 Å². The van der Waals surface area contributed by atoms with Crippen LogP contribution in [0.25, 0.3) is 0 Å². The number of thioether (sulfide) groups is 1. The van der Waals surface area contributed by atoms with E-state index in [0.717, 1.165) is 57.1 Å². The van der Waals surface area contributed by atoms with Crippen LogP contribution < -0.4 is 0 Å². The van der Waals surface area contributed by atoms with Gasteiger partial charge in [0.15, 0.2) is 0 Å². The van der Waals surface area contributed by atoms with Crippen molar-refractivity contribution in [1.29, 1.82) is 0 Å². The van der Waals surface area contributed by atoms with Crippen LogP contribution >= 0.6 is 11.8 Å². The second kappa shape index (κ2) is 15.1. The van der Waals surface area contributed by atoms with E-state index in [1.807, 2.05) is 0 Å². The molecule has 0 radical (unpaired) electrons. The maximum Gasteiger partial charge on any atom is 0.319 e. The Morgan fingerprint density at radius 3 is 2.40 bits per heavy atom. The standard InChI is InChI=1S/C16H31FO2S/c1-3-5-13-19-16(18)15(11-4-2)20-14-10-8-6-7-9-12-17/h15H,3-14H2,1-2H3. The molecule has 0 fully saturated rings. The van der Waals surface area contributed by atoms with Crippen LogP contribution in [0, 0.1) is 0 Å². The lowest BCUT2D eigenvalue weighted by molar-refractivity contribution is -0.143. The van der Waals surface area contributed by atoms with Crippen molar-refractivity contribution in [2.75, 3.05) is 19.0 Å². The molecular formula is C16H31FO2S. The third kappa shape index (κ3) is 11.6. The molecule has 0 heterocycles. The highest BCUT2D eigenvalue weighted by Crippen LogP contribution is 2.20. The summed E-state index contributed by atoms with van der Waals surface area (Å²) < 4.78 is 17.2. The number of unbranched alkanes of at least 4 members (excludes halogenated alkanes) is 5. The number of alkyl halides is 1. The third-order valence-electron chi connectivity index (χ3n) is 3.15. The van der Waals surface area contributed by atoms with Gasteiger partial charge in [-0.25, -0.2) is 0 Å². The van der Waals surface area contributed by atoms with Crippen molar-refractivity contribution in [2.24, 2.45) is 0 Å². The second-order valence-corrected chi connectivity index (χ2v) is 6.44. The first-order valence-corrected chi connectivity index (χ1v) is 9.15. The van der Waals surface area contributed by atoms with Gasteiger partial charge < -0.3 is 4.74 Å². The van der Waals surface area contributed by atoms with Crippen LogP contribution in [0.15, 0.2) is 0 Å². The molecule has 4 heteroatoms. The zero-order valence-electron chi connectivity index (χ0n) is 13.2. The average molecular weight is 306 g/mol. The Morgan fingerprint density at radius 1 is 1.05 bits per heavy atom. The molecule has 2 nitrogen and oxygen atoms in total. The Bertz CT molecular complexity index is 225. The van der Waals surface area contributed by atoms with E-state index in [9.17, 15) is 9.18 Å². The summed E-state index contributed by atoms with van der Waals surface area (Å²) in [6.07, 6.45) is 8.93. The molecule has 120 valence electrons. The average Bonchev–Trinajstić information content (AvgIpc) is 2.45. The van der Waals surface area contributed by atoms with E-state index in [2.05, 4.69) is 13.8 Å². The second-order valence-electron chi connectivity index (χ2n) is 5.13. The van der Waals surface area contributed by atoms with Gasteiger partial charge in [-0.2, -0.15) is 0 Å². The van der Waals surface area contributed by atoms with E-state index in [1.54, 1.807) is 11.8 Å². The molecule has 0 aliphatic heterocycles. The molecule has 20 heavy (non-hydrogen) atoms. The summed E-state index contributed by atoms with van der Waals surface area (Å²) in [7, 11) is 0. The van der Waals surface area contributed by atoms with E-state index in [1.165, 1.54) is 0 Å². The number of hydrogen-bond donors (Lipinski definition) is 0. The number of esters is 1. The predicted molar refractivity (Wildman–Crippen MR) is 86.1 cm³/mol. The highest BCUT2D eigenvalue weighted by atomic mass is 32.2. The lowest BCUT2D eigenvalue weighted by Gasteiger charge is -2.14. The van der Waals surface area contributed by atoms with Crippen LogP contribution in [0.2, 0.25) is 0 Å². The van der Waals surface area contributed by atoms with Crippen LogP contribution in [-0.4, -0.2) is 30.3 Å². The summed E-state index contributed by atoms with van der Waals surface area (Å²) in [5, 5.41) is 0.00250. The molecule has 0 aliphatic rings. The molecule has 1 atom stereocenters. The van der Waals surface area contributed by atoms with E-state index >= 15 is 0 Å². The highest BCUT2D eigenvalue weighted by molar-refractivity contribution is 8.00. The zero-order valence-corrected chi connectivity index (χ0v) is 14.0. The molecular weight excluding hydrogens is 275 g/mol. The molecule has 0 N–H and O–H groups in total. The van der Waals surface area contributed by atoms with Crippen molar-refractivity contribution in [3.8, 4) is 0 Å². The first-order chi connectivity index (χ1) is 9.76. The third-order valence-corrected chi connectivity index (χ3v) is 4.51. The van der Waals surface area contributed by atoms with Crippen molar-refractivity contribution < 1.29 is 13.9 Å². The van der Waals surface area contributed by atoms with E-state index < -0.39 is 0 Å². The molecule has 0 saturated heterocycles. The molecule has 0 rings (SSSR count). The fraction of sp³-hybridized carbons (Fsp3) is 0.938. The molecule has 0 aliphatic carbocycles. The minimum absolute atomic E-state index is 0.00250. The molecule has 0 bridgehead atoms. The summed E-state index contributed by atoms with van der Waals surface area (Å²) in [6.45, 7) is 4.55. The van der Waals surface area contributed by atoms with Gasteiger partial charge in [0, 0.05) is 0 Å². The Labute approximate surface area is 128 Å². The van der Waals surface area contributed by atoms with Crippen molar-refractivity contribution >= 4 is 17.7 Å². The quantitative estimate of drug-likeness (QED) is 0.328. The zero-order chi connectivity index (χ0) is 15.1. The Hall–Kier alpha value is -0.250. The fourth-order valence-corrected chi connectivity index (χ4v) is 3.16. The topological polar surface area (TPSA) is 26.3 Å². The van der Waals surface area contributed by atoms with Crippen molar-refractivity contribution in [3.05, 3.63) is 0 Å². The number of carbonyl (C=O) groups excluding carboxylic acids is 1. The molecule has 0 aromatic heterocycles. The minimum Gasteiger partial charge on any atom is -0.465 e. The molecule has 0 aromatic carbocycles. The molecule has 0 aromatic rings. The van der Waals surface area contributed by atoms with Gasteiger partial charge in [0.05, 0.1) is 13.3 Å². The summed E-state index contributed by atoms with van der Waals surface area (Å²) in [4.78, 5) is 11.9. The molecule has 1 unspecified atom stereocenters. The van der Waals surface area contributed by atoms with Gasteiger partial charge in [0.1, 0.15) is 5.25 Å². The minimum atomic E-state index is -0.197. The molecule has 0 amide bonds. The van der Waals surface area contributed by atoms with Crippen LogP contribution in [0.1, 0.15) is 71.6 Å². The van der Waals surface area contributed by atoms with Gasteiger partial charge in [0.25, 0.3) is 0 Å². The smallest absolute Gasteiger partial charge is 0.319 e. The molecule has 0 spiro atoms. The van der Waals surface area contributed by atoms with Gasteiger partial charge in [-0.05, 0) is 31.4 Å². The van der Waals surface area contributed by atoms with E-state index in [4.69, 9.17) is 4.74 Å². The van der Waals surface area contributed by atoms with Crippen molar-refractivity contribution in [3.63, 3.8) is 0 Å². The summed E-state index contributed by atoms with van der Waals surface area (Å²) in [5.41, 5.74) is 0. The first kappa shape index (κ1) is 19.8. The monoisotopic (exact) mass is 306 g/mol. The number of ether oxygens (including phenoxy) is 1. The Balaban J connectivity index is 3.70. The van der Waals surface area contributed by atoms with Crippen LogP contribution in [0.4, 0.5) is 4.39 Å². The lowest BCUT2D eigenvalue weighted by atomic mass is 10.2. The highest BCUT2D eigenvalue weighted by Gasteiger charge is 2.19. The van der Waals surface area contributed by atoms with Crippen molar-refractivity contribution in [2.45, 2.75) is 76.9 Å². The van der Waals surface area contributed by atoms with E-state index in [-0.39, 0.29) is 17.9 Å². The van der Waals surface area contributed by atoms with Crippen LogP contribution in [-0.2, 0) is 9.53 Å². The van der Waals surface area contributed by atoms with E-state index in [0.29, 0.717) is 13.0 Å². The van der Waals surface area contributed by atoms with Gasteiger partial charge >= 0.3 is 5.97 Å². The summed E-state index contributed by atoms with van der Waals surface area (Å²) >= 11 is 1.73. The SMILES string of the molecule is CCCCOC(=O)C(CCC)SCCCCCCCF. The largest absolute Gasteiger partial charge is 0.465 e. The Kier molecular flexibility index (Phi) is 15.0. The normalized spacial score (nSPS) is 12.3. The maximum atomic E-state index is 11.9. The van der Waals surface area contributed by atoms with Crippen LogP contribution in [0.3, 0.4) is 0 Å². The summed E-state index contributed by atoms with van der Waals surface area (Å²) in [5.74, 6) is 0.964. The maximum absolute atomic E-state index is 11.9.